The van der Waals surface area contributed by atoms with Gasteiger partial charge in [0, 0.05) is 30.8 Å². The Balaban J connectivity index is 1.67. The number of amides is 3. The SMILES string of the molecule is C=CCNC(=O)C(NC(=O)c1ccc(OC)cc1)C1CCN(C(=O)c2ccc(C)cc2)CC1. The first-order chi connectivity index (χ1) is 15.9. The number of nitrogens with zero attached hydrogens (tertiary/aromatic N) is 1. The standard InChI is InChI=1S/C26H31N3O4/c1-4-15-27-25(31)23(28-24(30)20-9-11-22(33-3)12-10-20)19-13-16-29(17-14-19)26(32)21-7-5-18(2)6-8-21/h4-12,19,23H,1,13-17H2,2-3H3,(H,27,31)(H,28,30). The normalized spacial score (nSPS) is 14.8. The molecule has 0 spiro atoms. The molecule has 33 heavy (non-hydrogen) atoms. The molecule has 7 nitrogen and oxygen atoms in total. The highest BCUT2D eigenvalue weighted by Crippen LogP contribution is 2.23. The van der Waals surface area contributed by atoms with Gasteiger partial charge in [-0.05, 0) is 62.1 Å². The van der Waals surface area contributed by atoms with Gasteiger partial charge in [-0.25, -0.2) is 0 Å². The number of carbonyl (C=O) groups excluding carboxylic acids is 3. The number of nitrogens with one attached hydrogen (secondary N) is 2. The number of hydrogen-bond donors (Lipinski definition) is 2. The minimum atomic E-state index is -0.698. The average Bonchev–Trinajstić information content (AvgIpc) is 2.86. The summed E-state index contributed by atoms with van der Waals surface area (Å²) in [6.45, 7) is 6.99. The summed E-state index contributed by atoms with van der Waals surface area (Å²) in [5, 5.41) is 5.70. The zero-order valence-corrected chi connectivity index (χ0v) is 19.2. The van der Waals surface area contributed by atoms with Crippen LogP contribution in [0.1, 0.15) is 39.1 Å². The van der Waals surface area contributed by atoms with Crippen LogP contribution in [0, 0.1) is 12.8 Å². The van der Waals surface area contributed by atoms with Gasteiger partial charge in [0.15, 0.2) is 0 Å². The largest absolute Gasteiger partial charge is 0.497 e. The zero-order chi connectivity index (χ0) is 23.8. The molecule has 1 aliphatic rings. The van der Waals surface area contributed by atoms with E-state index in [0.717, 1.165) is 5.56 Å². The van der Waals surface area contributed by atoms with E-state index in [2.05, 4.69) is 17.2 Å². The van der Waals surface area contributed by atoms with Crippen LogP contribution in [0.25, 0.3) is 0 Å². The number of benzene rings is 2. The number of likely N-dealkylation sites (tertiary alicyclic amines) is 1. The fourth-order valence-electron chi connectivity index (χ4n) is 3.96. The van der Waals surface area contributed by atoms with Gasteiger partial charge in [0.1, 0.15) is 11.8 Å². The highest BCUT2D eigenvalue weighted by Gasteiger charge is 2.34. The summed E-state index contributed by atoms with van der Waals surface area (Å²) < 4.78 is 5.14. The lowest BCUT2D eigenvalue weighted by molar-refractivity contribution is -0.124. The predicted octanol–water partition coefficient (Wildman–Crippen LogP) is 2.96. The van der Waals surface area contributed by atoms with Crippen LogP contribution in [0.2, 0.25) is 0 Å². The van der Waals surface area contributed by atoms with Gasteiger partial charge >= 0.3 is 0 Å². The van der Waals surface area contributed by atoms with Crippen LogP contribution in [0.5, 0.6) is 5.75 Å². The first-order valence-electron chi connectivity index (χ1n) is 11.1. The third-order valence-corrected chi connectivity index (χ3v) is 5.94. The smallest absolute Gasteiger partial charge is 0.253 e. The molecule has 1 heterocycles. The first kappa shape index (κ1) is 24.0. The maximum atomic E-state index is 12.9. The predicted molar refractivity (Wildman–Crippen MR) is 127 cm³/mol. The Morgan fingerprint density at radius 2 is 1.67 bits per heavy atom. The Morgan fingerprint density at radius 1 is 1.06 bits per heavy atom. The lowest BCUT2D eigenvalue weighted by atomic mass is 9.88. The average molecular weight is 450 g/mol. The Morgan fingerprint density at radius 3 is 2.24 bits per heavy atom. The van der Waals surface area contributed by atoms with Crippen LogP contribution in [-0.2, 0) is 4.79 Å². The van der Waals surface area contributed by atoms with Crippen molar-refractivity contribution in [3.63, 3.8) is 0 Å². The number of piperidine rings is 1. The van der Waals surface area contributed by atoms with Crippen molar-refractivity contribution in [1.29, 1.82) is 0 Å². The van der Waals surface area contributed by atoms with E-state index < -0.39 is 6.04 Å². The van der Waals surface area contributed by atoms with Crippen molar-refractivity contribution < 1.29 is 19.1 Å². The second-order valence-corrected chi connectivity index (χ2v) is 8.21. The third kappa shape index (κ3) is 6.22. The van der Waals surface area contributed by atoms with Crippen LogP contribution in [0.3, 0.4) is 0 Å². The minimum Gasteiger partial charge on any atom is -0.497 e. The van der Waals surface area contributed by atoms with Gasteiger partial charge in [-0.3, -0.25) is 14.4 Å². The van der Waals surface area contributed by atoms with Gasteiger partial charge < -0.3 is 20.3 Å². The molecular formula is C26H31N3O4. The number of aryl methyl sites for hydroxylation is 1. The molecule has 0 saturated carbocycles. The summed E-state index contributed by atoms with van der Waals surface area (Å²) in [6, 6.07) is 13.6. The second kappa shape index (κ2) is 11.3. The molecule has 2 aromatic carbocycles. The zero-order valence-electron chi connectivity index (χ0n) is 19.2. The monoisotopic (exact) mass is 449 g/mol. The summed E-state index contributed by atoms with van der Waals surface area (Å²) in [5.41, 5.74) is 2.21. The summed E-state index contributed by atoms with van der Waals surface area (Å²) >= 11 is 0. The van der Waals surface area contributed by atoms with Crippen LogP contribution >= 0.6 is 0 Å². The molecule has 1 aliphatic heterocycles. The molecule has 3 amide bonds. The van der Waals surface area contributed by atoms with E-state index in [1.807, 2.05) is 36.1 Å². The number of carbonyl (C=O) groups is 3. The van der Waals surface area contributed by atoms with Crippen molar-refractivity contribution in [2.75, 3.05) is 26.7 Å². The van der Waals surface area contributed by atoms with Gasteiger partial charge in [0.2, 0.25) is 5.91 Å². The summed E-state index contributed by atoms with van der Waals surface area (Å²) in [4.78, 5) is 40.4. The molecule has 174 valence electrons. The number of rotatable bonds is 8. The summed E-state index contributed by atoms with van der Waals surface area (Å²) in [7, 11) is 1.56. The van der Waals surface area contributed by atoms with E-state index in [0.29, 0.717) is 49.4 Å². The third-order valence-electron chi connectivity index (χ3n) is 5.94. The molecule has 1 atom stereocenters. The molecule has 0 bridgehead atoms. The topological polar surface area (TPSA) is 87.7 Å². The Labute approximate surface area is 194 Å². The number of ether oxygens (including phenoxy) is 1. The van der Waals surface area contributed by atoms with E-state index in [1.165, 1.54) is 0 Å². The van der Waals surface area contributed by atoms with Crippen molar-refractivity contribution in [3.05, 3.63) is 77.9 Å². The first-order valence-corrected chi connectivity index (χ1v) is 11.1. The number of methoxy groups -OCH3 is 1. The van der Waals surface area contributed by atoms with Crippen molar-refractivity contribution in [1.82, 2.24) is 15.5 Å². The van der Waals surface area contributed by atoms with Crippen LogP contribution in [-0.4, -0.2) is 55.4 Å². The minimum absolute atomic E-state index is 0.0108. The van der Waals surface area contributed by atoms with E-state index in [1.54, 1.807) is 37.5 Å². The van der Waals surface area contributed by atoms with Crippen molar-refractivity contribution in [3.8, 4) is 5.75 Å². The van der Waals surface area contributed by atoms with Crippen LogP contribution in [0.4, 0.5) is 0 Å². The van der Waals surface area contributed by atoms with Gasteiger partial charge in [-0.2, -0.15) is 0 Å². The van der Waals surface area contributed by atoms with Crippen molar-refractivity contribution in [2.45, 2.75) is 25.8 Å². The maximum absolute atomic E-state index is 12.9. The number of hydrogen-bond acceptors (Lipinski definition) is 4. The van der Waals surface area contributed by atoms with Crippen LogP contribution in [0.15, 0.2) is 61.2 Å². The van der Waals surface area contributed by atoms with Gasteiger partial charge in [-0.15, -0.1) is 6.58 Å². The van der Waals surface area contributed by atoms with Crippen molar-refractivity contribution >= 4 is 17.7 Å². The molecule has 1 unspecified atom stereocenters. The van der Waals surface area contributed by atoms with Gasteiger partial charge in [0.25, 0.3) is 11.8 Å². The lowest BCUT2D eigenvalue weighted by Gasteiger charge is -2.36. The maximum Gasteiger partial charge on any atom is 0.253 e. The molecule has 7 heteroatoms. The molecule has 0 aromatic heterocycles. The van der Waals surface area contributed by atoms with E-state index in [9.17, 15) is 14.4 Å². The molecule has 3 rings (SSSR count). The van der Waals surface area contributed by atoms with E-state index >= 15 is 0 Å². The quantitative estimate of drug-likeness (QED) is 0.607. The molecule has 0 radical (unpaired) electrons. The Hall–Kier alpha value is -3.61. The Bertz CT molecular complexity index is 978. The highest BCUT2D eigenvalue weighted by atomic mass is 16.5. The summed E-state index contributed by atoms with van der Waals surface area (Å²) in [6.07, 6.45) is 2.84. The highest BCUT2D eigenvalue weighted by molar-refractivity contribution is 5.98. The van der Waals surface area contributed by atoms with E-state index in [-0.39, 0.29) is 23.6 Å². The van der Waals surface area contributed by atoms with E-state index in [4.69, 9.17) is 4.74 Å². The van der Waals surface area contributed by atoms with Gasteiger partial charge in [0.05, 0.1) is 7.11 Å². The van der Waals surface area contributed by atoms with Crippen LogP contribution < -0.4 is 15.4 Å². The fourth-order valence-corrected chi connectivity index (χ4v) is 3.96. The second-order valence-electron chi connectivity index (χ2n) is 8.21. The molecule has 2 aromatic rings. The molecule has 1 fully saturated rings. The molecule has 1 saturated heterocycles. The summed E-state index contributed by atoms with van der Waals surface area (Å²) in [5.74, 6) is -0.0189. The molecule has 2 N–H and O–H groups in total. The Kier molecular flexibility index (Phi) is 8.24. The molecule has 0 aliphatic carbocycles. The van der Waals surface area contributed by atoms with Gasteiger partial charge in [-0.1, -0.05) is 23.8 Å². The molecular weight excluding hydrogens is 418 g/mol. The fraction of sp³-hybridized carbons (Fsp3) is 0.346. The van der Waals surface area contributed by atoms with Crippen molar-refractivity contribution in [2.24, 2.45) is 5.92 Å². The lowest BCUT2D eigenvalue weighted by Crippen LogP contribution is -2.53.